The second kappa shape index (κ2) is 9.37. The zero-order chi connectivity index (χ0) is 28.3. The molecule has 9 rings (SSSR count). The number of hydrogen-bond acceptors (Lipinski definition) is 2. The Kier molecular flexibility index (Phi) is 5.20. The number of aromatic nitrogens is 3. The van der Waals surface area contributed by atoms with Crippen molar-refractivity contribution in [3.05, 3.63) is 152 Å². The minimum Gasteiger partial charge on any atom is -0.298 e. The molecule has 0 radical (unpaired) electrons. The summed E-state index contributed by atoms with van der Waals surface area (Å²) >= 11 is 0. The monoisotopic (exact) mass is 547 g/mol. The average Bonchev–Trinajstić information content (AvgIpc) is 3.47. The van der Waals surface area contributed by atoms with E-state index in [1.54, 1.807) is 0 Å². The van der Waals surface area contributed by atoms with Crippen LogP contribution in [0.15, 0.2) is 152 Å². The van der Waals surface area contributed by atoms with Crippen LogP contribution in [0.2, 0.25) is 0 Å². The van der Waals surface area contributed by atoms with Gasteiger partial charge in [0.05, 0.1) is 16.7 Å². The molecular weight excluding hydrogens is 522 g/mol. The number of nitrogens with zero attached hydrogens (tertiary/aromatic N) is 3. The fourth-order valence-electron chi connectivity index (χ4n) is 6.71. The normalized spacial score (nSPS) is 11.7. The third-order valence-electron chi connectivity index (χ3n) is 8.57. The summed E-state index contributed by atoms with van der Waals surface area (Å²) in [5.74, 6) is 0. The van der Waals surface area contributed by atoms with Gasteiger partial charge in [0.15, 0.2) is 0 Å². The summed E-state index contributed by atoms with van der Waals surface area (Å²) in [6.07, 6.45) is 2.08. The van der Waals surface area contributed by atoms with Crippen LogP contribution in [-0.4, -0.2) is 14.4 Å². The molecule has 0 fully saturated rings. The van der Waals surface area contributed by atoms with E-state index in [-0.39, 0.29) is 0 Å². The van der Waals surface area contributed by atoms with Gasteiger partial charge in [0, 0.05) is 17.1 Å². The standard InChI is InChI=1S/C40H25N3/c1-3-13-26(14-4-1)36-29-17-7-9-19-31(29)37(32-20-10-8-18-30(32)36)28-22-23-34-33(25-28)39-40(43-24-12-11-21-35(43)42-39)38(41-34)27-15-5-2-6-16-27/h1-25H. The molecule has 0 amide bonds. The molecule has 200 valence electrons. The van der Waals surface area contributed by atoms with Crippen molar-refractivity contribution in [2.45, 2.75) is 0 Å². The number of rotatable bonds is 3. The van der Waals surface area contributed by atoms with E-state index < -0.39 is 0 Å². The Bertz CT molecular complexity index is 2440. The van der Waals surface area contributed by atoms with Gasteiger partial charge in [-0.1, -0.05) is 121 Å². The van der Waals surface area contributed by atoms with Crippen molar-refractivity contribution in [2.24, 2.45) is 0 Å². The second-order valence-corrected chi connectivity index (χ2v) is 11.0. The highest BCUT2D eigenvalue weighted by molar-refractivity contribution is 6.22. The maximum absolute atomic E-state index is 5.25. The van der Waals surface area contributed by atoms with Crippen LogP contribution in [0.4, 0.5) is 0 Å². The van der Waals surface area contributed by atoms with Crippen LogP contribution in [0.1, 0.15) is 0 Å². The van der Waals surface area contributed by atoms with Crippen LogP contribution in [0.25, 0.3) is 82.6 Å². The fraction of sp³-hybridized carbons (Fsp3) is 0. The van der Waals surface area contributed by atoms with Crippen molar-refractivity contribution in [1.29, 1.82) is 0 Å². The first-order valence-electron chi connectivity index (χ1n) is 14.6. The van der Waals surface area contributed by atoms with Crippen LogP contribution < -0.4 is 0 Å². The summed E-state index contributed by atoms with van der Waals surface area (Å²) in [4.78, 5) is 10.4. The van der Waals surface area contributed by atoms with Gasteiger partial charge in [-0.25, -0.2) is 9.97 Å². The molecule has 6 aromatic carbocycles. The van der Waals surface area contributed by atoms with Crippen molar-refractivity contribution < 1.29 is 0 Å². The van der Waals surface area contributed by atoms with Gasteiger partial charge in [-0.2, -0.15) is 0 Å². The lowest BCUT2D eigenvalue weighted by molar-refractivity contribution is 1.22. The molecule has 3 heteroatoms. The van der Waals surface area contributed by atoms with E-state index >= 15 is 0 Å². The molecule has 0 aliphatic carbocycles. The van der Waals surface area contributed by atoms with Crippen molar-refractivity contribution >= 4 is 49.1 Å². The quantitative estimate of drug-likeness (QED) is 0.206. The molecule has 3 heterocycles. The summed E-state index contributed by atoms with van der Waals surface area (Å²) in [5.41, 5.74) is 10.8. The Morgan fingerprint density at radius 2 is 0.977 bits per heavy atom. The highest BCUT2D eigenvalue weighted by Gasteiger charge is 2.19. The second-order valence-electron chi connectivity index (χ2n) is 11.0. The largest absolute Gasteiger partial charge is 0.298 e. The molecule has 0 bridgehead atoms. The highest BCUT2D eigenvalue weighted by atomic mass is 15.0. The van der Waals surface area contributed by atoms with E-state index in [4.69, 9.17) is 9.97 Å². The summed E-state index contributed by atoms with van der Waals surface area (Å²) in [5, 5.41) is 6.02. The van der Waals surface area contributed by atoms with E-state index in [0.717, 1.165) is 44.4 Å². The number of benzene rings is 6. The molecule has 0 aliphatic heterocycles. The SMILES string of the molecule is c1ccc(-c2c3ccccc3c(-c3ccc4nc(-c5ccccc5)c5c(nc6ccccn65)c4c3)c3ccccc23)cc1. The van der Waals surface area contributed by atoms with Crippen LogP contribution in [-0.2, 0) is 0 Å². The first kappa shape index (κ1) is 23.9. The Morgan fingerprint density at radius 3 is 1.63 bits per heavy atom. The van der Waals surface area contributed by atoms with E-state index in [9.17, 15) is 0 Å². The molecule has 9 aromatic rings. The Balaban J connectivity index is 1.40. The van der Waals surface area contributed by atoms with Crippen molar-refractivity contribution in [2.75, 3.05) is 0 Å². The minimum absolute atomic E-state index is 0.914. The number of imidazole rings is 1. The predicted octanol–water partition coefficient (Wildman–Crippen LogP) is 10.3. The zero-order valence-corrected chi connectivity index (χ0v) is 23.3. The summed E-state index contributed by atoms with van der Waals surface area (Å²) < 4.78 is 2.16. The molecule has 0 saturated heterocycles. The Morgan fingerprint density at radius 1 is 0.419 bits per heavy atom. The van der Waals surface area contributed by atoms with Crippen LogP contribution in [0, 0.1) is 0 Å². The van der Waals surface area contributed by atoms with Gasteiger partial charge in [0.1, 0.15) is 11.2 Å². The molecule has 0 saturated carbocycles. The molecule has 0 unspecified atom stereocenters. The first-order valence-corrected chi connectivity index (χ1v) is 14.6. The lowest BCUT2D eigenvalue weighted by atomic mass is 9.86. The van der Waals surface area contributed by atoms with Crippen LogP contribution >= 0.6 is 0 Å². The lowest BCUT2D eigenvalue weighted by Crippen LogP contribution is -1.93. The van der Waals surface area contributed by atoms with E-state index in [2.05, 4.69) is 144 Å². The number of fused-ring (bicyclic) bond motifs is 7. The molecule has 0 atom stereocenters. The Labute approximate surface area is 248 Å². The van der Waals surface area contributed by atoms with E-state index in [1.807, 2.05) is 12.1 Å². The summed E-state index contributed by atoms with van der Waals surface area (Å²) in [6.45, 7) is 0. The van der Waals surface area contributed by atoms with Gasteiger partial charge in [-0.05, 0) is 68.1 Å². The fourth-order valence-corrected chi connectivity index (χ4v) is 6.71. The first-order chi connectivity index (χ1) is 21.3. The predicted molar refractivity (Wildman–Crippen MR) is 179 cm³/mol. The smallest absolute Gasteiger partial charge is 0.137 e. The van der Waals surface area contributed by atoms with E-state index in [1.165, 1.54) is 38.2 Å². The molecule has 3 nitrogen and oxygen atoms in total. The van der Waals surface area contributed by atoms with Gasteiger partial charge in [0.2, 0.25) is 0 Å². The third-order valence-corrected chi connectivity index (χ3v) is 8.57. The van der Waals surface area contributed by atoms with Gasteiger partial charge in [0.25, 0.3) is 0 Å². The van der Waals surface area contributed by atoms with Crippen LogP contribution in [0.5, 0.6) is 0 Å². The number of hydrogen-bond donors (Lipinski definition) is 0. The number of pyridine rings is 2. The molecule has 0 aliphatic rings. The third kappa shape index (κ3) is 3.62. The average molecular weight is 548 g/mol. The van der Waals surface area contributed by atoms with Gasteiger partial charge < -0.3 is 0 Å². The van der Waals surface area contributed by atoms with Crippen LogP contribution in [0.3, 0.4) is 0 Å². The van der Waals surface area contributed by atoms with Crippen molar-refractivity contribution in [3.63, 3.8) is 0 Å². The van der Waals surface area contributed by atoms with Gasteiger partial charge >= 0.3 is 0 Å². The maximum atomic E-state index is 5.25. The zero-order valence-electron chi connectivity index (χ0n) is 23.3. The van der Waals surface area contributed by atoms with Gasteiger partial charge in [-0.15, -0.1) is 0 Å². The molecule has 3 aromatic heterocycles. The van der Waals surface area contributed by atoms with Gasteiger partial charge in [-0.3, -0.25) is 4.40 Å². The topological polar surface area (TPSA) is 30.2 Å². The van der Waals surface area contributed by atoms with Crippen molar-refractivity contribution in [3.8, 4) is 33.5 Å². The van der Waals surface area contributed by atoms with Crippen molar-refractivity contribution in [1.82, 2.24) is 14.4 Å². The summed E-state index contributed by atoms with van der Waals surface area (Å²) in [7, 11) is 0. The molecule has 0 N–H and O–H groups in total. The molecular formula is C40H25N3. The molecule has 43 heavy (non-hydrogen) atoms. The minimum atomic E-state index is 0.914. The maximum Gasteiger partial charge on any atom is 0.137 e. The summed E-state index contributed by atoms with van der Waals surface area (Å²) in [6, 6.07) is 51.6. The Hall–Kier alpha value is -5.80. The van der Waals surface area contributed by atoms with E-state index in [0.29, 0.717) is 0 Å². The highest BCUT2D eigenvalue weighted by Crippen LogP contribution is 2.44. The lowest BCUT2D eigenvalue weighted by Gasteiger charge is -2.18. The molecule has 0 spiro atoms.